The van der Waals surface area contributed by atoms with Gasteiger partial charge >= 0.3 is 93.1 Å². The summed E-state index contributed by atoms with van der Waals surface area (Å²) in [4.78, 5) is 0. The molecule has 0 aromatic rings. The molecule has 0 rings (SSSR count). The van der Waals surface area contributed by atoms with Crippen molar-refractivity contribution in [3.63, 3.8) is 0 Å². The molecule has 11 heavy (non-hydrogen) atoms. The van der Waals surface area contributed by atoms with Crippen molar-refractivity contribution in [2.24, 2.45) is 0 Å². The van der Waals surface area contributed by atoms with Crippen molar-refractivity contribution in [1.29, 1.82) is 0 Å². The average molecular weight is 349 g/mol. The molecule has 0 nitrogen and oxygen atoms in total. The third kappa shape index (κ3) is 6.39. The Kier molecular flexibility index (Phi) is 8.72. The Hall–Kier alpha value is 1.22. The van der Waals surface area contributed by atoms with Gasteiger partial charge in [0.05, 0.1) is 0 Å². The Labute approximate surface area is 92.6 Å². The standard InChI is InChI=1S/C8H14Br2Se/c1-3-4-5-6-7(9)8(10)11-2/h3-6H2,1-2H3/b8-7+. The summed E-state index contributed by atoms with van der Waals surface area (Å²) in [6.07, 6.45) is 5.15. The first kappa shape index (κ1) is 12.2. The minimum absolute atomic E-state index is 0.602. The molecule has 0 fully saturated rings. The average Bonchev–Trinajstić information content (AvgIpc) is 2.03. The van der Waals surface area contributed by atoms with Crippen LogP contribution in [0.1, 0.15) is 32.6 Å². The molecule has 0 bridgehead atoms. The summed E-state index contributed by atoms with van der Waals surface area (Å²) in [5, 5.41) is 0. The van der Waals surface area contributed by atoms with E-state index < -0.39 is 0 Å². The fourth-order valence-electron chi connectivity index (χ4n) is 0.739. The van der Waals surface area contributed by atoms with E-state index in [1.165, 1.54) is 33.5 Å². The molecule has 0 N–H and O–H groups in total. The Bertz CT molecular complexity index is 132. The molecule has 0 aliphatic heterocycles. The van der Waals surface area contributed by atoms with Gasteiger partial charge in [-0.3, -0.25) is 0 Å². The van der Waals surface area contributed by atoms with Crippen molar-refractivity contribution in [3.05, 3.63) is 7.86 Å². The van der Waals surface area contributed by atoms with Crippen LogP contribution >= 0.6 is 31.9 Å². The quantitative estimate of drug-likeness (QED) is 0.514. The van der Waals surface area contributed by atoms with E-state index in [2.05, 4.69) is 44.6 Å². The number of hydrogen-bond donors (Lipinski definition) is 0. The van der Waals surface area contributed by atoms with Gasteiger partial charge in [-0.15, -0.1) is 0 Å². The summed E-state index contributed by atoms with van der Waals surface area (Å²) in [7, 11) is 0. The summed E-state index contributed by atoms with van der Waals surface area (Å²) in [6, 6.07) is 0. The predicted molar refractivity (Wildman–Crippen MR) is 60.6 cm³/mol. The van der Waals surface area contributed by atoms with E-state index in [9.17, 15) is 0 Å². The molecule has 0 saturated carbocycles. The van der Waals surface area contributed by atoms with Crippen molar-refractivity contribution < 1.29 is 0 Å². The molecule has 0 unspecified atom stereocenters. The normalized spacial score (nSPS) is 13.1. The van der Waals surface area contributed by atoms with Crippen LogP contribution in [0.5, 0.6) is 0 Å². The molecule has 0 aliphatic carbocycles. The van der Waals surface area contributed by atoms with E-state index in [-0.39, 0.29) is 0 Å². The summed E-state index contributed by atoms with van der Waals surface area (Å²) < 4.78 is 2.74. The summed E-state index contributed by atoms with van der Waals surface area (Å²) >= 11 is 7.74. The molecule has 0 aromatic heterocycles. The van der Waals surface area contributed by atoms with Crippen LogP contribution in [0.3, 0.4) is 0 Å². The van der Waals surface area contributed by atoms with Gasteiger partial charge in [-0.25, -0.2) is 0 Å². The van der Waals surface area contributed by atoms with Crippen molar-refractivity contribution >= 4 is 46.8 Å². The molecule has 0 atom stereocenters. The van der Waals surface area contributed by atoms with E-state index in [0.29, 0.717) is 15.0 Å². The third-order valence-corrected chi connectivity index (χ3v) is 6.74. The van der Waals surface area contributed by atoms with Crippen molar-refractivity contribution in [3.8, 4) is 0 Å². The molecule has 0 heterocycles. The molecule has 0 amide bonds. The van der Waals surface area contributed by atoms with Crippen LogP contribution in [-0.2, 0) is 0 Å². The zero-order chi connectivity index (χ0) is 8.69. The number of hydrogen-bond acceptors (Lipinski definition) is 0. The number of allylic oxidation sites excluding steroid dienone is 1. The van der Waals surface area contributed by atoms with Crippen LogP contribution in [0.2, 0.25) is 5.82 Å². The van der Waals surface area contributed by atoms with Gasteiger partial charge in [0.1, 0.15) is 0 Å². The Morgan fingerprint density at radius 2 is 1.91 bits per heavy atom. The summed E-state index contributed by atoms with van der Waals surface area (Å²) in [5.74, 6) is 2.22. The van der Waals surface area contributed by atoms with Crippen LogP contribution in [0, 0.1) is 0 Å². The SMILES string of the molecule is CCCCC/C(Br)=C(/Br)[Se]C. The number of unbranched alkanes of at least 4 members (excludes halogenated alkanes) is 2. The summed E-state index contributed by atoms with van der Waals surface area (Å²) in [6.45, 7) is 2.23. The van der Waals surface area contributed by atoms with Gasteiger partial charge < -0.3 is 0 Å². The van der Waals surface area contributed by atoms with Crippen molar-refractivity contribution in [1.82, 2.24) is 0 Å². The predicted octanol–water partition coefficient (Wildman–Crippen LogP) is 4.28. The first-order chi connectivity index (χ1) is 5.22. The molecule has 0 aliphatic rings. The fraction of sp³-hybridized carbons (Fsp3) is 0.750. The number of rotatable bonds is 5. The molecule has 3 heteroatoms. The van der Waals surface area contributed by atoms with Crippen LogP contribution in [0.4, 0.5) is 0 Å². The fourth-order valence-corrected chi connectivity index (χ4v) is 2.74. The first-order valence-corrected chi connectivity index (χ1v) is 7.96. The zero-order valence-corrected chi connectivity index (χ0v) is 11.9. The van der Waals surface area contributed by atoms with E-state index in [0.717, 1.165) is 0 Å². The first-order valence-electron chi connectivity index (χ1n) is 3.80. The Morgan fingerprint density at radius 1 is 1.27 bits per heavy atom. The van der Waals surface area contributed by atoms with Gasteiger partial charge in [-0.2, -0.15) is 0 Å². The second-order valence-electron chi connectivity index (χ2n) is 2.34. The topological polar surface area (TPSA) is 0 Å². The van der Waals surface area contributed by atoms with Gasteiger partial charge in [0.2, 0.25) is 0 Å². The van der Waals surface area contributed by atoms with E-state index >= 15 is 0 Å². The maximum atomic E-state index is 3.58. The van der Waals surface area contributed by atoms with Crippen LogP contribution < -0.4 is 0 Å². The van der Waals surface area contributed by atoms with Crippen LogP contribution in [0.25, 0.3) is 0 Å². The third-order valence-electron chi connectivity index (χ3n) is 1.39. The van der Waals surface area contributed by atoms with E-state index in [1.807, 2.05) is 0 Å². The second kappa shape index (κ2) is 7.85. The maximum absolute atomic E-state index is 3.58. The Morgan fingerprint density at radius 3 is 2.36 bits per heavy atom. The van der Waals surface area contributed by atoms with Gasteiger partial charge in [-0.1, -0.05) is 0 Å². The molecular formula is C8H14Br2Se. The van der Waals surface area contributed by atoms with Crippen LogP contribution in [0.15, 0.2) is 7.86 Å². The molecule has 66 valence electrons. The minimum atomic E-state index is 0.602. The molecule has 0 radical (unpaired) electrons. The molecule has 0 aromatic carbocycles. The van der Waals surface area contributed by atoms with E-state index in [4.69, 9.17) is 0 Å². The molecule has 0 spiro atoms. The van der Waals surface area contributed by atoms with Gasteiger partial charge in [0.15, 0.2) is 0 Å². The number of halogens is 2. The molecular weight excluding hydrogens is 335 g/mol. The van der Waals surface area contributed by atoms with Gasteiger partial charge in [0, 0.05) is 0 Å². The van der Waals surface area contributed by atoms with Crippen molar-refractivity contribution in [2.75, 3.05) is 0 Å². The zero-order valence-electron chi connectivity index (χ0n) is 6.99. The van der Waals surface area contributed by atoms with Gasteiger partial charge in [-0.05, 0) is 0 Å². The molecule has 0 saturated heterocycles. The van der Waals surface area contributed by atoms with Crippen LogP contribution in [-0.4, -0.2) is 15.0 Å². The van der Waals surface area contributed by atoms with Crippen molar-refractivity contribution in [2.45, 2.75) is 38.4 Å². The Balaban J connectivity index is 3.58. The van der Waals surface area contributed by atoms with Gasteiger partial charge in [0.25, 0.3) is 0 Å². The monoisotopic (exact) mass is 348 g/mol. The summed E-state index contributed by atoms with van der Waals surface area (Å²) in [5.41, 5.74) is 0. The van der Waals surface area contributed by atoms with E-state index in [1.54, 1.807) is 0 Å². The second-order valence-corrected chi connectivity index (χ2v) is 6.98.